The zero-order valence-electron chi connectivity index (χ0n) is 16.4. The van der Waals surface area contributed by atoms with Gasteiger partial charge in [-0.2, -0.15) is 13.2 Å². The number of morpholine rings is 1. The van der Waals surface area contributed by atoms with Gasteiger partial charge in [0.05, 0.1) is 30.9 Å². The number of carbonyl (C=O) groups excluding carboxylic acids is 2. The van der Waals surface area contributed by atoms with Crippen LogP contribution in [0.25, 0.3) is 22.4 Å². The van der Waals surface area contributed by atoms with Crippen LogP contribution in [-0.2, 0) is 17.5 Å². The molecule has 12 heteroatoms. The molecule has 0 saturated carbocycles. The van der Waals surface area contributed by atoms with E-state index in [1.165, 1.54) is 24.5 Å². The lowest BCUT2D eigenvalue weighted by Crippen LogP contribution is -2.40. The molecule has 32 heavy (non-hydrogen) atoms. The highest BCUT2D eigenvalue weighted by atomic mass is 19.4. The first-order valence-corrected chi connectivity index (χ1v) is 9.50. The Morgan fingerprint density at radius 3 is 2.44 bits per heavy atom. The molecule has 168 valence electrons. The van der Waals surface area contributed by atoms with Crippen LogP contribution in [0.1, 0.15) is 21.7 Å². The summed E-state index contributed by atoms with van der Waals surface area (Å²) in [7, 11) is 0. The maximum atomic E-state index is 13.6. The van der Waals surface area contributed by atoms with Gasteiger partial charge in [0.25, 0.3) is 5.91 Å². The molecule has 1 N–H and O–H groups in total. The van der Waals surface area contributed by atoms with Gasteiger partial charge in [0.15, 0.2) is 5.82 Å². The predicted octanol–water partition coefficient (Wildman–Crippen LogP) is 1.81. The van der Waals surface area contributed by atoms with E-state index in [0.29, 0.717) is 26.3 Å². The number of carboxylic acid groups (broad SMARTS) is 1. The maximum absolute atomic E-state index is 13.6. The second kappa shape index (κ2) is 8.46. The first-order valence-electron chi connectivity index (χ1n) is 9.50. The Labute approximate surface area is 178 Å². The van der Waals surface area contributed by atoms with E-state index in [4.69, 9.17) is 9.15 Å². The molecule has 3 aromatic rings. The van der Waals surface area contributed by atoms with E-state index in [9.17, 15) is 27.9 Å². The van der Waals surface area contributed by atoms with Gasteiger partial charge in [0.1, 0.15) is 17.4 Å². The number of alkyl halides is 3. The molecule has 9 nitrogen and oxygen atoms in total. The van der Waals surface area contributed by atoms with Crippen molar-refractivity contribution in [2.45, 2.75) is 12.7 Å². The second-order valence-electron chi connectivity index (χ2n) is 6.99. The number of hydrogen-bond donors (Lipinski definition) is 1. The van der Waals surface area contributed by atoms with Crippen molar-refractivity contribution in [2.24, 2.45) is 0 Å². The number of amides is 2. The molecule has 0 spiro atoms. The van der Waals surface area contributed by atoms with Gasteiger partial charge < -0.3 is 29.3 Å². The van der Waals surface area contributed by atoms with Crippen LogP contribution in [0.3, 0.4) is 0 Å². The molecule has 1 aromatic carbocycles. The summed E-state index contributed by atoms with van der Waals surface area (Å²) in [5.41, 5.74) is -1.21. The number of aromatic nitrogens is 2. The van der Waals surface area contributed by atoms with Crippen LogP contribution in [0.15, 0.2) is 35.0 Å². The van der Waals surface area contributed by atoms with E-state index in [0.717, 1.165) is 6.07 Å². The van der Waals surface area contributed by atoms with Crippen LogP contribution in [0, 0.1) is 0 Å². The summed E-state index contributed by atoms with van der Waals surface area (Å²) in [5.74, 6) is -0.308. The van der Waals surface area contributed by atoms with Crippen LogP contribution < -0.4 is 10.4 Å². The summed E-state index contributed by atoms with van der Waals surface area (Å²) in [4.78, 5) is 32.8. The summed E-state index contributed by atoms with van der Waals surface area (Å²) in [6.45, 7) is 1.37. The number of carbonyl (C=O) groups is 2. The summed E-state index contributed by atoms with van der Waals surface area (Å²) in [6, 6.07) is 3.54. The van der Waals surface area contributed by atoms with Crippen LogP contribution in [-0.4, -0.2) is 53.2 Å². The molecule has 0 atom stereocenters. The number of halogens is 3. The van der Waals surface area contributed by atoms with Gasteiger partial charge in [-0.15, -0.1) is 0 Å². The molecule has 0 radical (unpaired) electrons. The fourth-order valence-electron chi connectivity index (χ4n) is 3.33. The minimum atomic E-state index is -4.74. The third kappa shape index (κ3) is 4.49. The molecular weight excluding hydrogens is 433 g/mol. The molecule has 0 aliphatic carbocycles. The molecule has 2 aromatic heterocycles. The Morgan fingerprint density at radius 2 is 1.81 bits per heavy atom. The van der Waals surface area contributed by atoms with Crippen molar-refractivity contribution in [3.05, 3.63) is 47.5 Å². The number of furan rings is 1. The molecule has 1 saturated heterocycles. The Morgan fingerprint density at radius 1 is 1.12 bits per heavy atom. The largest absolute Gasteiger partial charge is 0.530 e. The second-order valence-corrected chi connectivity index (χ2v) is 6.99. The van der Waals surface area contributed by atoms with Gasteiger partial charge in [0, 0.05) is 36.4 Å². The summed E-state index contributed by atoms with van der Waals surface area (Å²) in [5, 5.41) is 12.6. The molecule has 4 rings (SSSR count). The van der Waals surface area contributed by atoms with Crippen molar-refractivity contribution in [1.29, 1.82) is 0 Å². The van der Waals surface area contributed by atoms with Gasteiger partial charge >= 0.3 is 6.18 Å². The van der Waals surface area contributed by atoms with Crippen molar-refractivity contribution >= 4 is 23.0 Å². The normalized spacial score (nSPS) is 14.5. The lowest BCUT2D eigenvalue weighted by molar-refractivity contribution is -0.251. The van der Waals surface area contributed by atoms with Crippen LogP contribution in [0.2, 0.25) is 0 Å². The standard InChI is InChI=1S/C20H17F3N4O5/c21-20(22,23)15-7-12(5-11-6-14(32-16(11)15)10-26-19(29)30)17-24-8-13(9-25-17)18(28)27-1-3-31-4-2-27/h5-9,26H,1-4,10H2,(H,29,30)/p-1. The van der Waals surface area contributed by atoms with Crippen molar-refractivity contribution < 1.29 is 37.0 Å². The smallest absolute Gasteiger partial charge is 0.420 e. The topological polar surface area (TPSA) is 121 Å². The van der Waals surface area contributed by atoms with E-state index in [-0.39, 0.29) is 40.5 Å². The van der Waals surface area contributed by atoms with Gasteiger partial charge in [-0.1, -0.05) is 0 Å². The summed E-state index contributed by atoms with van der Waals surface area (Å²) < 4.78 is 51.3. The van der Waals surface area contributed by atoms with Crippen LogP contribution in [0.4, 0.5) is 18.0 Å². The zero-order valence-corrected chi connectivity index (χ0v) is 16.4. The summed E-state index contributed by atoms with van der Waals surface area (Å²) in [6.07, 6.45) is -3.79. The Balaban J connectivity index is 1.67. The number of ether oxygens (including phenoxy) is 1. The molecule has 3 heterocycles. The van der Waals surface area contributed by atoms with Crippen molar-refractivity contribution in [3.63, 3.8) is 0 Å². The minimum Gasteiger partial charge on any atom is -0.530 e. The fraction of sp³-hybridized carbons (Fsp3) is 0.300. The first-order chi connectivity index (χ1) is 15.2. The lowest BCUT2D eigenvalue weighted by atomic mass is 10.1. The molecule has 1 aliphatic heterocycles. The number of benzene rings is 1. The molecule has 0 unspecified atom stereocenters. The van der Waals surface area contributed by atoms with Gasteiger partial charge in [0.2, 0.25) is 0 Å². The minimum absolute atomic E-state index is 0.00783. The van der Waals surface area contributed by atoms with Crippen molar-refractivity contribution in [1.82, 2.24) is 20.2 Å². The van der Waals surface area contributed by atoms with E-state index in [2.05, 4.69) is 9.97 Å². The van der Waals surface area contributed by atoms with E-state index < -0.39 is 23.4 Å². The first kappa shape index (κ1) is 21.6. The lowest BCUT2D eigenvalue weighted by Gasteiger charge is -2.26. The predicted molar refractivity (Wildman–Crippen MR) is 101 cm³/mol. The third-order valence-electron chi connectivity index (χ3n) is 4.83. The van der Waals surface area contributed by atoms with Crippen molar-refractivity contribution in [2.75, 3.05) is 26.3 Å². The number of hydrogen-bond acceptors (Lipinski definition) is 7. The number of nitrogens with zero attached hydrogens (tertiary/aromatic N) is 3. The number of rotatable bonds is 4. The van der Waals surface area contributed by atoms with Crippen LogP contribution >= 0.6 is 0 Å². The molecule has 2 amide bonds. The average Bonchev–Trinajstić information content (AvgIpc) is 3.19. The van der Waals surface area contributed by atoms with E-state index in [1.54, 1.807) is 4.90 Å². The molecule has 0 bridgehead atoms. The molecule has 1 aliphatic rings. The Bertz CT molecular complexity index is 1150. The number of fused-ring (bicyclic) bond motifs is 1. The molecular formula is C20H16F3N4O5-. The Hall–Kier alpha value is -3.67. The van der Waals surface area contributed by atoms with Gasteiger partial charge in [-0.3, -0.25) is 4.79 Å². The Kier molecular flexibility index (Phi) is 5.70. The SMILES string of the molecule is O=C([O-])NCc1cc2cc(-c3ncc(C(=O)N4CCOCC4)cn3)cc(C(F)(F)F)c2o1. The number of nitrogens with one attached hydrogen (secondary N) is 1. The monoisotopic (exact) mass is 449 g/mol. The highest BCUT2D eigenvalue weighted by molar-refractivity contribution is 5.94. The van der Waals surface area contributed by atoms with Gasteiger partial charge in [-0.25, -0.2) is 9.97 Å². The average molecular weight is 449 g/mol. The fourth-order valence-corrected chi connectivity index (χ4v) is 3.33. The highest BCUT2D eigenvalue weighted by Crippen LogP contribution is 2.38. The van der Waals surface area contributed by atoms with E-state index in [1.807, 2.05) is 5.32 Å². The van der Waals surface area contributed by atoms with Gasteiger partial charge in [-0.05, 0) is 18.2 Å². The zero-order chi connectivity index (χ0) is 22.9. The highest BCUT2D eigenvalue weighted by Gasteiger charge is 2.35. The van der Waals surface area contributed by atoms with E-state index >= 15 is 0 Å². The van der Waals surface area contributed by atoms with Crippen LogP contribution in [0.5, 0.6) is 0 Å². The molecule has 1 fully saturated rings. The summed E-state index contributed by atoms with van der Waals surface area (Å²) >= 11 is 0. The quantitative estimate of drug-likeness (QED) is 0.645. The third-order valence-corrected chi connectivity index (χ3v) is 4.83. The van der Waals surface area contributed by atoms with Crippen molar-refractivity contribution in [3.8, 4) is 11.4 Å². The maximum Gasteiger partial charge on any atom is 0.420 e.